The van der Waals surface area contributed by atoms with E-state index in [1.54, 1.807) is 11.8 Å². The van der Waals surface area contributed by atoms with Crippen molar-refractivity contribution in [2.24, 2.45) is 0 Å². The van der Waals surface area contributed by atoms with Crippen molar-refractivity contribution in [3.05, 3.63) is 23.9 Å². The number of aromatic nitrogens is 1. The monoisotopic (exact) mass is 241 g/mol. The number of pyridine rings is 1. The van der Waals surface area contributed by atoms with E-state index in [-0.39, 0.29) is 0 Å². The minimum atomic E-state index is 0.381. The summed E-state index contributed by atoms with van der Waals surface area (Å²) in [6.07, 6.45) is 6.92. The molecule has 0 saturated carbocycles. The molecule has 1 heterocycles. The Morgan fingerprint density at radius 1 is 1.40 bits per heavy atom. The van der Waals surface area contributed by atoms with Crippen molar-refractivity contribution < 1.29 is 0 Å². The molecule has 1 nitrogen and oxygen atoms in total. The van der Waals surface area contributed by atoms with Gasteiger partial charge in [0.25, 0.3) is 0 Å². The Balaban J connectivity index is 2.31. The molecule has 0 aromatic carbocycles. The minimum Gasteiger partial charge on any atom is -0.250 e. The average Bonchev–Trinajstić information content (AvgIpc) is 2.22. The summed E-state index contributed by atoms with van der Waals surface area (Å²) >= 11 is 6.32. The van der Waals surface area contributed by atoms with Crippen molar-refractivity contribution in [1.29, 1.82) is 0 Å². The van der Waals surface area contributed by atoms with Crippen LogP contribution in [0.3, 0.4) is 0 Å². The summed E-state index contributed by atoms with van der Waals surface area (Å²) in [5.41, 5.74) is 1.21. The molecule has 1 aromatic rings. The first-order chi connectivity index (χ1) is 7.22. The van der Waals surface area contributed by atoms with E-state index in [4.69, 9.17) is 0 Å². The van der Waals surface area contributed by atoms with Gasteiger partial charge in [-0.15, -0.1) is 0 Å². The van der Waals surface area contributed by atoms with Crippen LogP contribution in [-0.2, 0) is 0 Å². The number of aryl methyl sites for hydroxylation is 1. The molecular weight excluding hydrogens is 222 g/mol. The lowest BCUT2D eigenvalue weighted by atomic mass is 10.2. The highest BCUT2D eigenvalue weighted by Crippen LogP contribution is 2.27. The lowest BCUT2D eigenvalue weighted by Crippen LogP contribution is -1.93. The van der Waals surface area contributed by atoms with Crippen LogP contribution in [0.2, 0.25) is 0 Å². The molecule has 0 saturated heterocycles. The van der Waals surface area contributed by atoms with Gasteiger partial charge in [-0.3, -0.25) is 0 Å². The van der Waals surface area contributed by atoms with Gasteiger partial charge < -0.3 is 0 Å². The number of rotatable bonds is 6. The van der Waals surface area contributed by atoms with Crippen molar-refractivity contribution in [3.63, 3.8) is 0 Å². The lowest BCUT2D eigenvalue weighted by Gasteiger charge is -2.09. The Hall–Kier alpha value is -0.150. The summed E-state index contributed by atoms with van der Waals surface area (Å²) in [5.74, 6) is 0. The molecule has 1 unspecified atom stereocenters. The zero-order valence-corrected chi connectivity index (χ0v) is 11.2. The highest BCUT2D eigenvalue weighted by Gasteiger charge is 2.05. The molecule has 0 aliphatic rings. The van der Waals surface area contributed by atoms with Gasteiger partial charge >= 0.3 is 0 Å². The van der Waals surface area contributed by atoms with Crippen LogP contribution in [0.25, 0.3) is 0 Å². The molecule has 84 valence electrons. The van der Waals surface area contributed by atoms with Crippen molar-refractivity contribution in [2.75, 3.05) is 0 Å². The van der Waals surface area contributed by atoms with Crippen LogP contribution in [0.5, 0.6) is 0 Å². The van der Waals surface area contributed by atoms with Gasteiger partial charge in [0.15, 0.2) is 0 Å². The fraction of sp³-hybridized carbons (Fsp3) is 0.583. The van der Waals surface area contributed by atoms with Gasteiger partial charge in [-0.05, 0) is 25.0 Å². The van der Waals surface area contributed by atoms with E-state index in [0.717, 1.165) is 11.4 Å². The van der Waals surface area contributed by atoms with Gasteiger partial charge in [-0.25, -0.2) is 4.98 Å². The van der Waals surface area contributed by atoms with Crippen LogP contribution in [0.15, 0.2) is 23.4 Å². The number of thiol groups is 1. The first-order valence-corrected chi connectivity index (χ1v) is 6.89. The van der Waals surface area contributed by atoms with E-state index >= 15 is 0 Å². The maximum Gasteiger partial charge on any atom is 0.0970 e. The third-order valence-corrected chi connectivity index (χ3v) is 3.76. The molecule has 0 aliphatic carbocycles. The molecular formula is C12H19NS2. The Morgan fingerprint density at radius 3 is 2.80 bits per heavy atom. The molecule has 0 bridgehead atoms. The first kappa shape index (κ1) is 12.9. The van der Waals surface area contributed by atoms with E-state index in [1.165, 1.54) is 24.8 Å². The van der Waals surface area contributed by atoms with Crippen LogP contribution < -0.4 is 0 Å². The predicted octanol–water partition coefficient (Wildman–Crippen LogP) is 4.32. The SMILES string of the molecule is CCCCCC(S)Sc1ccc(C)cn1. The maximum atomic E-state index is 4.56. The quantitative estimate of drug-likeness (QED) is 0.345. The zero-order valence-electron chi connectivity index (χ0n) is 9.44. The van der Waals surface area contributed by atoms with Gasteiger partial charge in [-0.2, -0.15) is 12.6 Å². The van der Waals surface area contributed by atoms with Gasteiger partial charge in [0, 0.05) is 6.20 Å². The Kier molecular flexibility index (Phi) is 6.18. The second kappa shape index (κ2) is 7.18. The molecule has 0 spiro atoms. The van der Waals surface area contributed by atoms with Crippen molar-refractivity contribution in [2.45, 2.75) is 49.1 Å². The molecule has 3 heteroatoms. The van der Waals surface area contributed by atoms with E-state index in [1.807, 2.05) is 6.20 Å². The van der Waals surface area contributed by atoms with Crippen molar-refractivity contribution in [3.8, 4) is 0 Å². The molecule has 0 radical (unpaired) electrons. The molecule has 0 aliphatic heterocycles. The van der Waals surface area contributed by atoms with Crippen molar-refractivity contribution >= 4 is 24.4 Å². The number of hydrogen-bond acceptors (Lipinski definition) is 3. The largest absolute Gasteiger partial charge is 0.250 e. The smallest absolute Gasteiger partial charge is 0.0970 e. The molecule has 0 N–H and O–H groups in total. The molecule has 1 rings (SSSR count). The van der Waals surface area contributed by atoms with Crippen LogP contribution in [0, 0.1) is 6.92 Å². The fourth-order valence-corrected chi connectivity index (χ4v) is 2.62. The average molecular weight is 241 g/mol. The first-order valence-electron chi connectivity index (χ1n) is 5.49. The normalized spacial score (nSPS) is 12.7. The second-order valence-corrected chi connectivity index (χ2v) is 5.94. The third kappa shape index (κ3) is 5.47. The Labute approximate surface area is 102 Å². The number of hydrogen-bond donors (Lipinski definition) is 1. The minimum absolute atomic E-state index is 0.381. The summed E-state index contributed by atoms with van der Waals surface area (Å²) in [6.45, 7) is 4.28. The molecule has 1 atom stereocenters. The van der Waals surface area contributed by atoms with E-state index < -0.39 is 0 Å². The summed E-state index contributed by atoms with van der Waals surface area (Å²) in [5, 5.41) is 1.08. The topological polar surface area (TPSA) is 12.9 Å². The summed E-state index contributed by atoms with van der Waals surface area (Å²) < 4.78 is 0.381. The second-order valence-electron chi connectivity index (χ2n) is 3.74. The summed E-state index contributed by atoms with van der Waals surface area (Å²) in [6, 6.07) is 4.17. The van der Waals surface area contributed by atoms with Gasteiger partial charge in [-0.1, -0.05) is 44.0 Å². The van der Waals surface area contributed by atoms with E-state index in [9.17, 15) is 0 Å². The Morgan fingerprint density at radius 2 is 2.20 bits per heavy atom. The highest BCUT2D eigenvalue weighted by molar-refractivity contribution is 8.10. The zero-order chi connectivity index (χ0) is 11.1. The maximum absolute atomic E-state index is 4.56. The standard InChI is InChI=1S/C12H19NS2/c1-3-4-5-6-12(14)15-11-8-7-10(2)9-13-11/h7-9,12,14H,3-6H2,1-2H3. The lowest BCUT2D eigenvalue weighted by molar-refractivity contribution is 0.697. The molecule has 0 fully saturated rings. The molecule has 1 aromatic heterocycles. The van der Waals surface area contributed by atoms with Crippen LogP contribution in [-0.4, -0.2) is 9.57 Å². The predicted molar refractivity (Wildman–Crippen MR) is 71.7 cm³/mol. The summed E-state index contributed by atoms with van der Waals surface area (Å²) in [7, 11) is 0. The van der Waals surface area contributed by atoms with Crippen molar-refractivity contribution in [1.82, 2.24) is 4.98 Å². The fourth-order valence-electron chi connectivity index (χ4n) is 1.29. The van der Waals surface area contributed by atoms with Gasteiger partial charge in [0.1, 0.15) is 0 Å². The number of unbranched alkanes of at least 4 members (excludes halogenated alkanes) is 2. The Bertz CT molecular complexity index is 271. The van der Waals surface area contributed by atoms with Crippen LogP contribution >= 0.6 is 24.4 Å². The number of nitrogens with zero attached hydrogens (tertiary/aromatic N) is 1. The molecule has 0 amide bonds. The van der Waals surface area contributed by atoms with Gasteiger partial charge in [0.05, 0.1) is 9.61 Å². The van der Waals surface area contributed by atoms with E-state index in [2.05, 4.69) is 43.6 Å². The molecule has 15 heavy (non-hydrogen) atoms. The highest BCUT2D eigenvalue weighted by atomic mass is 32.2. The van der Waals surface area contributed by atoms with Gasteiger partial charge in [0.2, 0.25) is 0 Å². The van der Waals surface area contributed by atoms with E-state index in [0.29, 0.717) is 4.58 Å². The van der Waals surface area contributed by atoms with Crippen LogP contribution in [0.4, 0.5) is 0 Å². The third-order valence-electron chi connectivity index (χ3n) is 2.20. The number of thioether (sulfide) groups is 1. The summed E-state index contributed by atoms with van der Waals surface area (Å²) in [4.78, 5) is 4.36. The van der Waals surface area contributed by atoms with Crippen LogP contribution in [0.1, 0.15) is 38.2 Å².